The van der Waals surface area contributed by atoms with Gasteiger partial charge in [-0.25, -0.2) is 4.79 Å². The number of carbonyl (C=O) groups excluding carboxylic acids is 1. The quantitative estimate of drug-likeness (QED) is 0.691. The maximum Gasteiger partial charge on any atom is 0.314 e. The smallest absolute Gasteiger partial charge is 0.314 e. The van der Waals surface area contributed by atoms with Crippen molar-refractivity contribution in [3.05, 3.63) is 35.4 Å². The van der Waals surface area contributed by atoms with Crippen LogP contribution in [0, 0.1) is 5.92 Å². The molecule has 1 unspecified atom stereocenters. The lowest BCUT2D eigenvalue weighted by Gasteiger charge is -2.26. The summed E-state index contributed by atoms with van der Waals surface area (Å²) >= 11 is 0. The Bertz CT molecular complexity index is 455. The van der Waals surface area contributed by atoms with E-state index in [2.05, 4.69) is 55.7 Å². The molecule has 0 aliphatic carbocycles. The van der Waals surface area contributed by atoms with Gasteiger partial charge < -0.3 is 15.7 Å². The average molecular weight is 306 g/mol. The molecule has 0 saturated carbocycles. The van der Waals surface area contributed by atoms with Crippen molar-refractivity contribution >= 4 is 6.03 Å². The van der Waals surface area contributed by atoms with Crippen LogP contribution >= 0.6 is 0 Å². The van der Waals surface area contributed by atoms with Gasteiger partial charge in [-0.15, -0.1) is 0 Å². The number of aliphatic hydroxyl groups excluding tert-OH is 1. The largest absolute Gasteiger partial charge is 0.396 e. The minimum Gasteiger partial charge on any atom is -0.396 e. The summed E-state index contributed by atoms with van der Waals surface area (Å²) in [6.07, 6.45) is 1.74. The minimum absolute atomic E-state index is 0.111. The van der Waals surface area contributed by atoms with E-state index in [-0.39, 0.29) is 24.0 Å². The Kier molecular flexibility index (Phi) is 7.39. The summed E-state index contributed by atoms with van der Waals surface area (Å²) in [5, 5.41) is 14.6. The molecule has 1 rings (SSSR count). The van der Waals surface area contributed by atoms with Gasteiger partial charge in [0.25, 0.3) is 0 Å². The van der Waals surface area contributed by atoms with E-state index in [0.717, 1.165) is 6.42 Å². The standard InChI is InChI=1S/C18H30N2O2/c1-5-15-6-8-16(9-7-15)18(3,4)13-20-17(22)19-12-14(2)10-11-21/h6-9,14,21H,5,10-13H2,1-4H3,(H2,19,20,22). The first-order valence-electron chi connectivity index (χ1n) is 8.11. The molecule has 0 saturated heterocycles. The van der Waals surface area contributed by atoms with Crippen molar-refractivity contribution in [1.82, 2.24) is 10.6 Å². The van der Waals surface area contributed by atoms with Gasteiger partial charge >= 0.3 is 6.03 Å². The Morgan fingerprint density at radius 3 is 2.41 bits per heavy atom. The number of amides is 2. The average Bonchev–Trinajstić information content (AvgIpc) is 2.51. The van der Waals surface area contributed by atoms with Crippen molar-refractivity contribution in [3.63, 3.8) is 0 Å². The molecular formula is C18H30N2O2. The fourth-order valence-electron chi connectivity index (χ4n) is 2.25. The van der Waals surface area contributed by atoms with E-state index in [4.69, 9.17) is 5.11 Å². The summed E-state index contributed by atoms with van der Waals surface area (Å²) in [5.74, 6) is 0.283. The van der Waals surface area contributed by atoms with Crippen LogP contribution in [0.1, 0.15) is 45.2 Å². The van der Waals surface area contributed by atoms with Crippen LogP contribution in [-0.4, -0.2) is 30.8 Å². The van der Waals surface area contributed by atoms with Gasteiger partial charge in [0.1, 0.15) is 0 Å². The van der Waals surface area contributed by atoms with Crippen LogP contribution < -0.4 is 10.6 Å². The van der Waals surface area contributed by atoms with E-state index in [9.17, 15) is 4.79 Å². The fraction of sp³-hybridized carbons (Fsp3) is 0.611. The topological polar surface area (TPSA) is 61.4 Å². The van der Waals surface area contributed by atoms with Crippen molar-refractivity contribution in [3.8, 4) is 0 Å². The zero-order chi connectivity index (χ0) is 16.6. The van der Waals surface area contributed by atoms with Crippen LogP contribution in [0.25, 0.3) is 0 Å². The van der Waals surface area contributed by atoms with Crippen molar-refractivity contribution in [2.24, 2.45) is 5.92 Å². The molecule has 1 atom stereocenters. The Labute approximate surface area is 134 Å². The van der Waals surface area contributed by atoms with E-state index in [0.29, 0.717) is 19.5 Å². The molecule has 0 fully saturated rings. The van der Waals surface area contributed by atoms with Crippen LogP contribution in [0.2, 0.25) is 0 Å². The zero-order valence-corrected chi connectivity index (χ0v) is 14.3. The molecule has 4 nitrogen and oxygen atoms in total. The molecule has 0 radical (unpaired) electrons. The number of benzene rings is 1. The lowest BCUT2D eigenvalue weighted by atomic mass is 9.84. The fourth-order valence-corrected chi connectivity index (χ4v) is 2.25. The van der Waals surface area contributed by atoms with Crippen LogP contribution in [0.15, 0.2) is 24.3 Å². The van der Waals surface area contributed by atoms with Crippen LogP contribution in [0.5, 0.6) is 0 Å². The molecule has 124 valence electrons. The molecule has 0 aromatic heterocycles. The number of aryl methyl sites for hydroxylation is 1. The van der Waals surface area contributed by atoms with Crippen molar-refractivity contribution in [1.29, 1.82) is 0 Å². The number of hydrogen-bond donors (Lipinski definition) is 3. The molecule has 2 amide bonds. The maximum absolute atomic E-state index is 11.8. The van der Waals surface area contributed by atoms with Gasteiger partial charge in [0.2, 0.25) is 0 Å². The summed E-state index contributed by atoms with van der Waals surface area (Å²) < 4.78 is 0. The first kappa shape index (κ1) is 18.5. The number of carbonyl (C=O) groups is 1. The molecule has 0 heterocycles. The van der Waals surface area contributed by atoms with Gasteiger partial charge in [-0.3, -0.25) is 0 Å². The highest BCUT2D eigenvalue weighted by Crippen LogP contribution is 2.22. The molecular weight excluding hydrogens is 276 g/mol. The van der Waals surface area contributed by atoms with E-state index >= 15 is 0 Å². The predicted octanol–water partition coefficient (Wildman–Crippen LogP) is 2.84. The molecule has 0 bridgehead atoms. The minimum atomic E-state index is -0.150. The van der Waals surface area contributed by atoms with Crippen molar-refractivity contribution in [2.75, 3.05) is 19.7 Å². The lowest BCUT2D eigenvalue weighted by molar-refractivity contribution is 0.232. The van der Waals surface area contributed by atoms with Gasteiger partial charge in [-0.1, -0.05) is 52.0 Å². The third-order valence-electron chi connectivity index (χ3n) is 4.07. The Balaban J connectivity index is 2.45. The van der Waals surface area contributed by atoms with E-state index in [1.54, 1.807) is 0 Å². The summed E-state index contributed by atoms with van der Waals surface area (Å²) in [5.41, 5.74) is 2.43. The molecule has 0 spiro atoms. The van der Waals surface area contributed by atoms with Gasteiger partial charge in [0, 0.05) is 25.1 Å². The molecule has 1 aromatic carbocycles. The van der Waals surface area contributed by atoms with Gasteiger partial charge in [-0.05, 0) is 29.9 Å². The number of hydrogen-bond acceptors (Lipinski definition) is 2. The third kappa shape index (κ3) is 6.06. The number of rotatable bonds is 8. The summed E-state index contributed by atoms with van der Waals surface area (Å²) in [6.45, 7) is 9.73. The summed E-state index contributed by atoms with van der Waals surface area (Å²) in [6, 6.07) is 8.42. The second kappa shape index (κ2) is 8.79. The van der Waals surface area contributed by atoms with E-state index in [1.165, 1.54) is 11.1 Å². The molecule has 3 N–H and O–H groups in total. The second-order valence-corrected chi connectivity index (χ2v) is 6.62. The Morgan fingerprint density at radius 2 is 1.86 bits per heavy atom. The highest BCUT2D eigenvalue weighted by Gasteiger charge is 2.21. The summed E-state index contributed by atoms with van der Waals surface area (Å²) in [7, 11) is 0. The Morgan fingerprint density at radius 1 is 1.23 bits per heavy atom. The molecule has 22 heavy (non-hydrogen) atoms. The molecule has 0 aliphatic heterocycles. The zero-order valence-electron chi connectivity index (χ0n) is 14.3. The summed E-state index contributed by atoms with van der Waals surface area (Å²) in [4.78, 5) is 11.8. The van der Waals surface area contributed by atoms with Crippen LogP contribution in [-0.2, 0) is 11.8 Å². The number of nitrogens with one attached hydrogen (secondary N) is 2. The van der Waals surface area contributed by atoms with Crippen LogP contribution in [0.3, 0.4) is 0 Å². The van der Waals surface area contributed by atoms with Gasteiger partial charge in [0.15, 0.2) is 0 Å². The monoisotopic (exact) mass is 306 g/mol. The van der Waals surface area contributed by atoms with E-state index in [1.807, 2.05) is 6.92 Å². The van der Waals surface area contributed by atoms with Gasteiger partial charge in [0.05, 0.1) is 0 Å². The van der Waals surface area contributed by atoms with Crippen LogP contribution in [0.4, 0.5) is 4.79 Å². The second-order valence-electron chi connectivity index (χ2n) is 6.62. The third-order valence-corrected chi connectivity index (χ3v) is 4.07. The first-order valence-corrected chi connectivity index (χ1v) is 8.11. The number of aliphatic hydroxyl groups is 1. The van der Waals surface area contributed by atoms with Gasteiger partial charge in [-0.2, -0.15) is 0 Å². The Hall–Kier alpha value is -1.55. The number of urea groups is 1. The SMILES string of the molecule is CCc1ccc(C(C)(C)CNC(=O)NCC(C)CCO)cc1. The predicted molar refractivity (Wildman–Crippen MR) is 91.1 cm³/mol. The highest BCUT2D eigenvalue weighted by molar-refractivity contribution is 5.73. The first-order chi connectivity index (χ1) is 10.4. The van der Waals surface area contributed by atoms with E-state index < -0.39 is 0 Å². The normalized spacial score (nSPS) is 12.8. The molecule has 4 heteroatoms. The van der Waals surface area contributed by atoms with Crippen molar-refractivity contribution < 1.29 is 9.90 Å². The lowest BCUT2D eigenvalue weighted by Crippen LogP contribution is -2.43. The molecule has 0 aliphatic rings. The highest BCUT2D eigenvalue weighted by atomic mass is 16.3. The van der Waals surface area contributed by atoms with Crippen molar-refractivity contribution in [2.45, 2.75) is 46.0 Å². The molecule has 1 aromatic rings. The maximum atomic E-state index is 11.8.